The second kappa shape index (κ2) is 8.69. The molecule has 0 spiro atoms. The molecular formula is C16H24N2O4S. The maximum Gasteiger partial charge on any atom is 0.412 e. The molecule has 0 bridgehead atoms. The first-order valence-electron chi connectivity index (χ1n) is 7.60. The van der Waals surface area contributed by atoms with Gasteiger partial charge in [-0.25, -0.2) is 13.2 Å². The molecule has 0 aliphatic heterocycles. The molecule has 0 atom stereocenters. The summed E-state index contributed by atoms with van der Waals surface area (Å²) in [7, 11) is -3.55. The average Bonchev–Trinajstić information content (AvgIpc) is 2.52. The van der Waals surface area contributed by atoms with Gasteiger partial charge >= 0.3 is 6.09 Å². The Bertz CT molecular complexity index is 620. The van der Waals surface area contributed by atoms with Gasteiger partial charge in [0.25, 0.3) is 0 Å². The van der Waals surface area contributed by atoms with E-state index in [1.807, 2.05) is 13.8 Å². The molecule has 23 heavy (non-hydrogen) atoms. The molecule has 1 aromatic carbocycles. The van der Waals surface area contributed by atoms with E-state index in [0.717, 1.165) is 17.7 Å². The Morgan fingerprint density at radius 2 is 1.70 bits per heavy atom. The molecule has 0 heterocycles. The quantitative estimate of drug-likeness (QED) is 0.700. The highest BCUT2D eigenvalue weighted by Crippen LogP contribution is 2.21. The van der Waals surface area contributed by atoms with Crippen molar-refractivity contribution >= 4 is 21.8 Å². The number of anilines is 1. The molecule has 1 aromatic rings. The van der Waals surface area contributed by atoms with E-state index in [9.17, 15) is 13.2 Å². The second-order valence-electron chi connectivity index (χ2n) is 5.08. The van der Waals surface area contributed by atoms with Gasteiger partial charge < -0.3 is 5.11 Å². The first-order chi connectivity index (χ1) is 10.9. The molecule has 0 aliphatic rings. The third-order valence-corrected chi connectivity index (χ3v) is 5.19. The summed E-state index contributed by atoms with van der Waals surface area (Å²) in [6, 6.07) is 5.89. The maximum absolute atomic E-state index is 12.6. The number of hydrogen-bond acceptors (Lipinski definition) is 3. The van der Waals surface area contributed by atoms with Crippen molar-refractivity contribution in [3.05, 3.63) is 36.9 Å². The fraction of sp³-hybridized carbons (Fsp3) is 0.438. The minimum Gasteiger partial charge on any atom is -0.465 e. The highest BCUT2D eigenvalue weighted by atomic mass is 32.2. The third-order valence-electron chi connectivity index (χ3n) is 3.27. The van der Waals surface area contributed by atoms with Crippen LogP contribution in [0.5, 0.6) is 0 Å². The fourth-order valence-electron chi connectivity index (χ4n) is 2.22. The Balaban J connectivity index is 3.10. The molecule has 0 radical (unpaired) electrons. The minimum atomic E-state index is -3.55. The van der Waals surface area contributed by atoms with Crippen LogP contribution in [0.25, 0.3) is 0 Å². The van der Waals surface area contributed by atoms with Crippen LogP contribution in [-0.4, -0.2) is 43.6 Å². The van der Waals surface area contributed by atoms with Crippen molar-refractivity contribution in [3.63, 3.8) is 0 Å². The van der Waals surface area contributed by atoms with Gasteiger partial charge in [0.05, 0.1) is 4.90 Å². The van der Waals surface area contributed by atoms with Crippen LogP contribution < -0.4 is 4.90 Å². The van der Waals surface area contributed by atoms with E-state index >= 15 is 0 Å². The Hall–Kier alpha value is -1.86. The topological polar surface area (TPSA) is 77.9 Å². The predicted molar refractivity (Wildman–Crippen MR) is 91.4 cm³/mol. The standard InChI is InChI=1S/C16H24N2O4S/c1-4-11-17(12-5-2)23(21,22)15-9-7-14(8-10-15)18(13-6-3)16(19)20/h6-10H,3-5,11-13H2,1-2H3,(H,19,20). The lowest BCUT2D eigenvalue weighted by Crippen LogP contribution is -2.32. The number of sulfonamides is 1. The van der Waals surface area contributed by atoms with Crippen LogP contribution in [0.4, 0.5) is 10.5 Å². The molecule has 7 heteroatoms. The second-order valence-corrected chi connectivity index (χ2v) is 7.02. The lowest BCUT2D eigenvalue weighted by molar-refractivity contribution is 0.202. The summed E-state index contributed by atoms with van der Waals surface area (Å²) in [6.45, 7) is 8.46. The Morgan fingerprint density at radius 3 is 2.09 bits per heavy atom. The molecular weight excluding hydrogens is 316 g/mol. The Labute approximate surface area is 138 Å². The van der Waals surface area contributed by atoms with Gasteiger partial charge in [-0.05, 0) is 37.1 Å². The fourth-order valence-corrected chi connectivity index (χ4v) is 3.85. The Morgan fingerprint density at radius 1 is 1.17 bits per heavy atom. The summed E-state index contributed by atoms with van der Waals surface area (Å²) in [5.74, 6) is 0. The number of hydrogen-bond donors (Lipinski definition) is 1. The van der Waals surface area contributed by atoms with Crippen LogP contribution in [0.15, 0.2) is 41.8 Å². The van der Waals surface area contributed by atoms with Crippen molar-refractivity contribution in [2.45, 2.75) is 31.6 Å². The van der Waals surface area contributed by atoms with Crippen molar-refractivity contribution < 1.29 is 18.3 Å². The number of amides is 1. The van der Waals surface area contributed by atoms with E-state index in [-0.39, 0.29) is 11.4 Å². The molecule has 1 rings (SSSR count). The molecule has 0 fully saturated rings. The van der Waals surface area contributed by atoms with Crippen molar-refractivity contribution in [2.24, 2.45) is 0 Å². The summed E-state index contributed by atoms with van der Waals surface area (Å²) >= 11 is 0. The highest BCUT2D eigenvalue weighted by Gasteiger charge is 2.23. The largest absolute Gasteiger partial charge is 0.465 e. The molecule has 1 amide bonds. The predicted octanol–water partition coefficient (Wildman–Crippen LogP) is 3.17. The van der Waals surface area contributed by atoms with Gasteiger partial charge in [-0.2, -0.15) is 4.31 Å². The normalized spacial score (nSPS) is 11.4. The van der Waals surface area contributed by atoms with Gasteiger partial charge in [0.15, 0.2) is 0 Å². The first kappa shape index (κ1) is 19.2. The van der Waals surface area contributed by atoms with Crippen molar-refractivity contribution in [1.82, 2.24) is 4.31 Å². The van der Waals surface area contributed by atoms with E-state index in [4.69, 9.17) is 5.11 Å². The van der Waals surface area contributed by atoms with Crippen LogP contribution in [0, 0.1) is 0 Å². The number of carbonyl (C=O) groups is 1. The smallest absolute Gasteiger partial charge is 0.412 e. The van der Waals surface area contributed by atoms with Crippen LogP contribution in [0.2, 0.25) is 0 Å². The number of carboxylic acid groups (broad SMARTS) is 1. The monoisotopic (exact) mass is 340 g/mol. The molecule has 0 aromatic heterocycles. The van der Waals surface area contributed by atoms with Gasteiger partial charge in [-0.1, -0.05) is 19.9 Å². The van der Waals surface area contributed by atoms with Crippen LogP contribution >= 0.6 is 0 Å². The minimum absolute atomic E-state index is 0.138. The number of benzene rings is 1. The van der Waals surface area contributed by atoms with E-state index in [0.29, 0.717) is 18.8 Å². The van der Waals surface area contributed by atoms with Crippen LogP contribution in [0.3, 0.4) is 0 Å². The van der Waals surface area contributed by atoms with Gasteiger partial charge in [-0.3, -0.25) is 4.90 Å². The summed E-state index contributed by atoms with van der Waals surface area (Å²) in [5, 5.41) is 9.17. The highest BCUT2D eigenvalue weighted by molar-refractivity contribution is 7.89. The average molecular weight is 340 g/mol. The van der Waals surface area contributed by atoms with E-state index in [2.05, 4.69) is 6.58 Å². The summed E-state index contributed by atoms with van der Waals surface area (Å²) < 4.78 is 26.7. The van der Waals surface area contributed by atoms with Gasteiger partial charge in [0, 0.05) is 25.3 Å². The van der Waals surface area contributed by atoms with E-state index < -0.39 is 16.1 Å². The maximum atomic E-state index is 12.6. The zero-order chi connectivity index (χ0) is 17.5. The molecule has 0 unspecified atom stereocenters. The van der Waals surface area contributed by atoms with E-state index in [1.54, 1.807) is 0 Å². The van der Waals surface area contributed by atoms with Crippen molar-refractivity contribution in [1.29, 1.82) is 0 Å². The summed E-state index contributed by atoms with van der Waals surface area (Å²) in [6.07, 6.45) is 1.84. The number of rotatable bonds is 9. The zero-order valence-electron chi connectivity index (χ0n) is 13.6. The van der Waals surface area contributed by atoms with Crippen LogP contribution in [-0.2, 0) is 10.0 Å². The Kier molecular flexibility index (Phi) is 7.25. The molecule has 6 nitrogen and oxygen atoms in total. The molecule has 0 aliphatic carbocycles. The lowest BCUT2D eigenvalue weighted by Gasteiger charge is -2.22. The third kappa shape index (κ3) is 4.80. The first-order valence-corrected chi connectivity index (χ1v) is 9.04. The molecule has 0 saturated carbocycles. The van der Waals surface area contributed by atoms with Gasteiger partial charge in [0.1, 0.15) is 0 Å². The summed E-state index contributed by atoms with van der Waals surface area (Å²) in [4.78, 5) is 12.5. The van der Waals surface area contributed by atoms with Gasteiger partial charge in [0.2, 0.25) is 10.0 Å². The van der Waals surface area contributed by atoms with E-state index in [1.165, 1.54) is 34.6 Å². The van der Waals surface area contributed by atoms with Crippen molar-refractivity contribution in [3.8, 4) is 0 Å². The molecule has 128 valence electrons. The van der Waals surface area contributed by atoms with Crippen LogP contribution in [0.1, 0.15) is 26.7 Å². The van der Waals surface area contributed by atoms with Crippen molar-refractivity contribution in [2.75, 3.05) is 24.5 Å². The number of nitrogens with zero attached hydrogens (tertiary/aromatic N) is 2. The lowest BCUT2D eigenvalue weighted by atomic mass is 10.3. The summed E-state index contributed by atoms with van der Waals surface area (Å²) in [5.41, 5.74) is 0.411. The SMILES string of the molecule is C=CCN(C(=O)O)c1ccc(S(=O)(=O)N(CCC)CCC)cc1. The molecule has 0 saturated heterocycles. The molecule has 1 N–H and O–H groups in total. The van der Waals surface area contributed by atoms with Gasteiger partial charge in [-0.15, -0.1) is 6.58 Å². The zero-order valence-corrected chi connectivity index (χ0v) is 14.4.